The lowest BCUT2D eigenvalue weighted by Gasteiger charge is -2.06. The van der Waals surface area contributed by atoms with Crippen molar-refractivity contribution < 1.29 is 19.2 Å². The molecule has 0 aliphatic heterocycles. The number of rotatable bonds is 8. The van der Waals surface area contributed by atoms with Crippen LogP contribution in [-0.2, 0) is 6.54 Å². The molecule has 0 aliphatic carbocycles. The Morgan fingerprint density at radius 3 is 2.77 bits per heavy atom. The molecular weight excluding hydrogens is 470 g/mol. The van der Waals surface area contributed by atoms with Gasteiger partial charge in [-0.1, -0.05) is 28.1 Å². The zero-order valence-corrected chi connectivity index (χ0v) is 18.2. The summed E-state index contributed by atoms with van der Waals surface area (Å²) >= 11 is 3.37. The van der Waals surface area contributed by atoms with E-state index in [1.54, 1.807) is 18.2 Å². The molecule has 2 aromatic carbocycles. The zero-order valence-electron chi connectivity index (χ0n) is 16.6. The molecule has 1 N–H and O–H groups in total. The summed E-state index contributed by atoms with van der Waals surface area (Å²) in [7, 11) is 3.03. The minimum Gasteiger partial charge on any atom is -0.497 e. The fourth-order valence-electron chi connectivity index (χ4n) is 2.75. The molecule has 0 fully saturated rings. The van der Waals surface area contributed by atoms with E-state index < -0.39 is 16.5 Å². The number of hydrazone groups is 1. The van der Waals surface area contributed by atoms with Crippen molar-refractivity contribution in [1.82, 2.24) is 15.2 Å². The number of nitrogens with one attached hydrogen (secondary N) is 1. The molecular formula is C20H18BrN5O5. The second-order valence-corrected chi connectivity index (χ2v) is 7.17. The van der Waals surface area contributed by atoms with Crippen molar-refractivity contribution in [3.63, 3.8) is 0 Å². The summed E-state index contributed by atoms with van der Waals surface area (Å²) in [5.41, 5.74) is 2.96. The highest BCUT2D eigenvalue weighted by Gasteiger charge is 2.25. The minimum absolute atomic E-state index is 0.264. The largest absolute Gasteiger partial charge is 0.497 e. The second kappa shape index (κ2) is 9.85. The van der Waals surface area contributed by atoms with Crippen LogP contribution in [0.25, 0.3) is 0 Å². The van der Waals surface area contributed by atoms with Crippen molar-refractivity contribution in [1.29, 1.82) is 0 Å². The van der Waals surface area contributed by atoms with Gasteiger partial charge in [0.1, 0.15) is 17.7 Å². The number of amides is 1. The van der Waals surface area contributed by atoms with E-state index in [0.29, 0.717) is 17.1 Å². The van der Waals surface area contributed by atoms with Gasteiger partial charge in [0.2, 0.25) is 5.69 Å². The predicted molar refractivity (Wildman–Crippen MR) is 117 cm³/mol. The predicted octanol–water partition coefficient (Wildman–Crippen LogP) is 3.38. The molecule has 0 spiro atoms. The molecule has 0 saturated heterocycles. The Bertz CT molecular complexity index is 1140. The smallest absolute Gasteiger partial charge is 0.320 e. The number of hydrogen-bond acceptors (Lipinski definition) is 7. The van der Waals surface area contributed by atoms with E-state index in [9.17, 15) is 14.9 Å². The number of benzene rings is 2. The van der Waals surface area contributed by atoms with Crippen molar-refractivity contribution in [3.05, 3.63) is 80.1 Å². The van der Waals surface area contributed by atoms with E-state index in [1.807, 2.05) is 24.3 Å². The Balaban J connectivity index is 1.77. The molecule has 31 heavy (non-hydrogen) atoms. The molecule has 1 amide bonds. The Labute approximate surface area is 185 Å². The molecule has 160 valence electrons. The van der Waals surface area contributed by atoms with Gasteiger partial charge in [-0.3, -0.25) is 19.6 Å². The molecule has 1 heterocycles. The fraction of sp³-hybridized carbons (Fsp3) is 0.150. The van der Waals surface area contributed by atoms with Crippen molar-refractivity contribution >= 4 is 33.7 Å². The first-order valence-electron chi connectivity index (χ1n) is 8.93. The van der Waals surface area contributed by atoms with Gasteiger partial charge in [0.15, 0.2) is 0 Å². The quantitative estimate of drug-likeness (QED) is 0.295. The lowest BCUT2D eigenvalue weighted by Crippen LogP contribution is -2.19. The first-order valence-corrected chi connectivity index (χ1v) is 9.72. The van der Waals surface area contributed by atoms with Gasteiger partial charge in [0.05, 0.1) is 31.9 Å². The van der Waals surface area contributed by atoms with Crippen molar-refractivity contribution in [2.24, 2.45) is 5.10 Å². The highest BCUT2D eigenvalue weighted by atomic mass is 79.9. The molecule has 10 nitrogen and oxygen atoms in total. The molecule has 0 bridgehead atoms. The third-order valence-corrected chi connectivity index (χ3v) is 4.69. The number of carbonyl (C=O) groups is 1. The molecule has 3 rings (SSSR count). The van der Waals surface area contributed by atoms with Gasteiger partial charge in [-0.25, -0.2) is 5.43 Å². The molecule has 1 aromatic heterocycles. The highest BCUT2D eigenvalue weighted by Crippen LogP contribution is 2.23. The molecule has 11 heteroatoms. The standard InChI is InChI=1S/C20H18BrN5O5/c1-30-16-7-6-14(18(9-16)31-2)10-22-23-20(27)19-17(26(28)29)12-25(24-19)11-13-4-3-5-15(21)8-13/h3-10,12H,11H2,1-2H3,(H,23,27). The fourth-order valence-corrected chi connectivity index (χ4v) is 3.19. The van der Waals surface area contributed by atoms with Crippen molar-refractivity contribution in [2.45, 2.75) is 6.54 Å². The Morgan fingerprint density at radius 2 is 2.10 bits per heavy atom. The number of aromatic nitrogens is 2. The normalized spacial score (nSPS) is 10.8. The van der Waals surface area contributed by atoms with Gasteiger partial charge in [-0.15, -0.1) is 0 Å². The minimum atomic E-state index is -0.802. The van der Waals surface area contributed by atoms with Crippen molar-refractivity contribution in [3.8, 4) is 11.5 Å². The summed E-state index contributed by atoms with van der Waals surface area (Å²) in [6.45, 7) is 0.264. The topological polar surface area (TPSA) is 121 Å². The average Bonchev–Trinajstić information content (AvgIpc) is 3.18. The summed E-state index contributed by atoms with van der Waals surface area (Å²) < 4.78 is 12.6. The summed E-state index contributed by atoms with van der Waals surface area (Å²) in [6, 6.07) is 12.5. The number of nitrogens with zero attached hydrogens (tertiary/aromatic N) is 4. The lowest BCUT2D eigenvalue weighted by molar-refractivity contribution is -0.385. The van der Waals surface area contributed by atoms with Crippen LogP contribution in [0.3, 0.4) is 0 Å². The number of halogens is 1. The molecule has 0 aliphatic rings. The van der Waals surface area contributed by atoms with Crippen LogP contribution in [0.4, 0.5) is 5.69 Å². The maximum absolute atomic E-state index is 12.5. The molecule has 0 saturated carbocycles. The third-order valence-electron chi connectivity index (χ3n) is 4.20. The molecule has 3 aromatic rings. The Morgan fingerprint density at radius 1 is 1.29 bits per heavy atom. The first kappa shape index (κ1) is 22.0. The summed E-state index contributed by atoms with van der Waals surface area (Å²) in [6.07, 6.45) is 2.58. The second-order valence-electron chi connectivity index (χ2n) is 6.25. The monoisotopic (exact) mass is 487 g/mol. The van der Waals surface area contributed by atoms with Crippen LogP contribution in [0.1, 0.15) is 21.6 Å². The van der Waals surface area contributed by atoms with Gasteiger partial charge < -0.3 is 9.47 Å². The zero-order chi connectivity index (χ0) is 22.4. The average molecular weight is 488 g/mol. The number of carbonyl (C=O) groups excluding carboxylic acids is 1. The van der Waals surface area contributed by atoms with Gasteiger partial charge >= 0.3 is 5.69 Å². The van der Waals surface area contributed by atoms with E-state index in [-0.39, 0.29) is 12.2 Å². The van der Waals surface area contributed by atoms with Gasteiger partial charge in [-0.2, -0.15) is 10.2 Å². The van der Waals surface area contributed by atoms with Crippen LogP contribution in [0.15, 0.2) is 58.2 Å². The van der Waals surface area contributed by atoms with E-state index in [2.05, 4.69) is 31.6 Å². The van der Waals surface area contributed by atoms with Gasteiger partial charge in [-0.05, 0) is 29.8 Å². The van der Waals surface area contributed by atoms with Crippen LogP contribution >= 0.6 is 15.9 Å². The van der Waals surface area contributed by atoms with Crippen LogP contribution in [-0.4, -0.2) is 41.0 Å². The Hall–Kier alpha value is -3.73. The van der Waals surface area contributed by atoms with Gasteiger partial charge in [0.25, 0.3) is 5.91 Å². The SMILES string of the molecule is COc1ccc(C=NNC(=O)c2nn(Cc3cccc(Br)c3)cc2[N+](=O)[O-])c(OC)c1. The summed E-state index contributed by atoms with van der Waals surface area (Å²) in [4.78, 5) is 23.2. The third kappa shape index (κ3) is 5.45. The molecule has 0 unspecified atom stereocenters. The Kier molecular flexibility index (Phi) is 6.98. The van der Waals surface area contributed by atoms with Crippen LogP contribution in [0.5, 0.6) is 11.5 Å². The maximum Gasteiger partial charge on any atom is 0.320 e. The molecule has 0 radical (unpaired) electrons. The molecule has 0 atom stereocenters. The number of methoxy groups -OCH3 is 2. The van der Waals surface area contributed by atoms with E-state index >= 15 is 0 Å². The summed E-state index contributed by atoms with van der Waals surface area (Å²) in [5, 5.41) is 19.3. The first-order chi connectivity index (χ1) is 14.9. The van der Waals surface area contributed by atoms with Gasteiger partial charge in [0, 0.05) is 16.1 Å². The van der Waals surface area contributed by atoms with E-state index in [1.165, 1.54) is 31.3 Å². The number of ether oxygens (including phenoxy) is 2. The van der Waals surface area contributed by atoms with Crippen molar-refractivity contribution in [2.75, 3.05) is 14.2 Å². The van der Waals surface area contributed by atoms with E-state index in [0.717, 1.165) is 10.0 Å². The summed E-state index contributed by atoms with van der Waals surface area (Å²) in [5.74, 6) is 0.287. The number of hydrogen-bond donors (Lipinski definition) is 1. The maximum atomic E-state index is 12.5. The lowest BCUT2D eigenvalue weighted by atomic mass is 10.2. The van der Waals surface area contributed by atoms with Crippen LogP contribution in [0, 0.1) is 10.1 Å². The highest BCUT2D eigenvalue weighted by molar-refractivity contribution is 9.10. The van der Waals surface area contributed by atoms with Crippen LogP contribution in [0.2, 0.25) is 0 Å². The van der Waals surface area contributed by atoms with E-state index in [4.69, 9.17) is 9.47 Å². The number of nitro groups is 1. The van der Waals surface area contributed by atoms with Crippen LogP contribution < -0.4 is 14.9 Å².